The predicted octanol–water partition coefficient (Wildman–Crippen LogP) is 4.96. The number of sulfonamides is 1. The first-order valence-corrected chi connectivity index (χ1v) is 19.4. The molecule has 1 N–H and O–H groups in total. The number of rotatable bonds is 4. The van der Waals surface area contributed by atoms with E-state index in [0.717, 1.165) is 37.1 Å². The summed E-state index contributed by atoms with van der Waals surface area (Å²) in [5.74, 6) is 0.576. The summed E-state index contributed by atoms with van der Waals surface area (Å²) < 4.78 is 56.5. The smallest absolute Gasteiger partial charge is 0.264 e. The molecule has 2 bridgehead atoms. The number of nitrogens with zero attached hydrogens (tertiary/aromatic N) is 3. The molecular weight excluding hydrogens is 667 g/mol. The molecule has 1 saturated heterocycles. The maximum absolute atomic E-state index is 13.7. The minimum atomic E-state index is -4.18. The van der Waals surface area contributed by atoms with Gasteiger partial charge in [-0.1, -0.05) is 29.8 Å². The van der Waals surface area contributed by atoms with Crippen molar-refractivity contribution in [3.63, 3.8) is 0 Å². The summed E-state index contributed by atoms with van der Waals surface area (Å²) in [5.41, 5.74) is 1.77. The van der Waals surface area contributed by atoms with E-state index < -0.39 is 27.6 Å². The Morgan fingerprint density at radius 2 is 1.94 bits per heavy atom. The van der Waals surface area contributed by atoms with Crippen molar-refractivity contribution >= 4 is 33.2 Å². The van der Waals surface area contributed by atoms with Crippen LogP contribution in [0.3, 0.4) is 0 Å². The molecule has 3 heterocycles. The Morgan fingerprint density at radius 1 is 1.12 bits per heavy atom. The zero-order valence-corrected chi connectivity index (χ0v) is 30.2. The van der Waals surface area contributed by atoms with Crippen LogP contribution < -0.4 is 14.4 Å². The van der Waals surface area contributed by atoms with E-state index in [4.69, 9.17) is 21.1 Å². The van der Waals surface area contributed by atoms with Crippen LogP contribution in [0.4, 0.5) is 10.1 Å². The summed E-state index contributed by atoms with van der Waals surface area (Å²) in [6.07, 6.45) is 8.19. The van der Waals surface area contributed by atoms with Crippen LogP contribution in [0.2, 0.25) is 5.02 Å². The van der Waals surface area contributed by atoms with Crippen molar-refractivity contribution in [1.29, 1.82) is 0 Å². The van der Waals surface area contributed by atoms with E-state index in [-0.39, 0.29) is 22.3 Å². The second kappa shape index (κ2) is 13.5. The number of likely N-dealkylation sites (tertiary alicyclic amines) is 1. The van der Waals surface area contributed by atoms with Crippen LogP contribution >= 0.6 is 11.6 Å². The summed E-state index contributed by atoms with van der Waals surface area (Å²) in [6, 6.07) is 11.1. The third-order valence-corrected chi connectivity index (χ3v) is 13.3. The highest BCUT2D eigenvalue weighted by Gasteiger charge is 2.45. The Kier molecular flexibility index (Phi) is 9.53. The van der Waals surface area contributed by atoms with E-state index in [1.54, 1.807) is 26.0 Å². The SMILES string of the molecule is CN1C/C=C\[C@H](OCCN2CC(F)C2)[C@@H]2CC[C@H]2CN2C[C@@]3(CCCc4cc(Cl)ccc43)COc3ccc(cc32)S(=O)(=O)NC(=O)C1(C)C. The molecule has 0 unspecified atom stereocenters. The molecule has 5 aliphatic rings. The van der Waals surface area contributed by atoms with Gasteiger partial charge in [0.1, 0.15) is 11.9 Å². The molecule has 0 radical (unpaired) electrons. The maximum Gasteiger partial charge on any atom is 0.264 e. The number of anilines is 1. The van der Waals surface area contributed by atoms with Gasteiger partial charge in [0.2, 0.25) is 0 Å². The summed E-state index contributed by atoms with van der Waals surface area (Å²) >= 11 is 6.44. The molecule has 4 atom stereocenters. The lowest BCUT2D eigenvalue weighted by atomic mass is 9.68. The topological polar surface area (TPSA) is 91.4 Å². The van der Waals surface area contributed by atoms with Crippen LogP contribution in [0.1, 0.15) is 50.7 Å². The van der Waals surface area contributed by atoms with Gasteiger partial charge in [-0.2, -0.15) is 0 Å². The first-order valence-electron chi connectivity index (χ1n) is 17.6. The third-order valence-electron chi connectivity index (χ3n) is 11.7. The summed E-state index contributed by atoms with van der Waals surface area (Å²) in [6.45, 7) is 7.83. The average molecular weight is 715 g/mol. The van der Waals surface area contributed by atoms with Gasteiger partial charge in [0.05, 0.1) is 35.4 Å². The number of carbonyl (C=O) groups excluding carboxylic acids is 1. The molecule has 9 nitrogen and oxygen atoms in total. The lowest BCUT2D eigenvalue weighted by molar-refractivity contribution is -0.128. The number of likely N-dealkylation sites (N-methyl/N-ethyl adjacent to an activating group) is 1. The highest BCUT2D eigenvalue weighted by atomic mass is 35.5. The molecule has 1 spiro atoms. The van der Waals surface area contributed by atoms with E-state index in [0.29, 0.717) is 69.8 Å². The molecule has 2 aromatic carbocycles. The van der Waals surface area contributed by atoms with Crippen molar-refractivity contribution in [2.45, 2.75) is 74.1 Å². The molecule has 12 heteroatoms. The summed E-state index contributed by atoms with van der Waals surface area (Å²) in [4.78, 5) is 19.8. The molecule has 2 fully saturated rings. The van der Waals surface area contributed by atoms with Gasteiger partial charge in [0.15, 0.2) is 0 Å². The first-order chi connectivity index (χ1) is 23.3. The van der Waals surface area contributed by atoms with Crippen LogP contribution in [0.15, 0.2) is 53.4 Å². The molecule has 1 amide bonds. The summed E-state index contributed by atoms with van der Waals surface area (Å²) in [7, 11) is -2.37. The van der Waals surface area contributed by atoms with Gasteiger partial charge in [0.25, 0.3) is 15.9 Å². The van der Waals surface area contributed by atoms with Crippen molar-refractivity contribution in [3.05, 3.63) is 64.7 Å². The molecule has 266 valence electrons. The van der Waals surface area contributed by atoms with Crippen LogP contribution in [-0.2, 0) is 31.4 Å². The van der Waals surface area contributed by atoms with Crippen LogP contribution in [0, 0.1) is 11.8 Å². The van der Waals surface area contributed by atoms with E-state index in [9.17, 15) is 17.6 Å². The molecule has 2 aromatic rings. The van der Waals surface area contributed by atoms with Crippen molar-refractivity contribution in [2.24, 2.45) is 11.8 Å². The molecule has 49 heavy (non-hydrogen) atoms. The number of fused-ring (bicyclic) bond motifs is 4. The highest BCUT2D eigenvalue weighted by molar-refractivity contribution is 7.90. The number of alkyl halides is 1. The number of carbonyl (C=O) groups is 1. The fourth-order valence-corrected chi connectivity index (χ4v) is 9.51. The number of halogens is 2. The Balaban J connectivity index is 1.26. The first kappa shape index (κ1) is 34.7. The van der Waals surface area contributed by atoms with E-state index in [1.165, 1.54) is 17.2 Å². The van der Waals surface area contributed by atoms with Crippen LogP contribution in [-0.4, -0.2) is 101 Å². The van der Waals surface area contributed by atoms with E-state index in [2.05, 4.69) is 32.7 Å². The van der Waals surface area contributed by atoms with Crippen LogP contribution in [0.25, 0.3) is 0 Å². The zero-order valence-electron chi connectivity index (χ0n) is 28.7. The van der Waals surface area contributed by atoms with Gasteiger partial charge in [-0.3, -0.25) is 14.6 Å². The Bertz CT molecular complexity index is 1720. The van der Waals surface area contributed by atoms with Gasteiger partial charge in [-0.05, 0) is 106 Å². The van der Waals surface area contributed by atoms with Gasteiger partial charge in [0, 0.05) is 49.7 Å². The van der Waals surface area contributed by atoms with Crippen molar-refractivity contribution < 1.29 is 27.1 Å². The number of benzene rings is 2. The molecule has 7 rings (SSSR count). The van der Waals surface area contributed by atoms with Crippen molar-refractivity contribution in [1.82, 2.24) is 14.5 Å². The van der Waals surface area contributed by atoms with Crippen molar-refractivity contribution in [3.8, 4) is 5.75 Å². The quantitative estimate of drug-likeness (QED) is 0.445. The molecule has 1 saturated carbocycles. The second-order valence-electron chi connectivity index (χ2n) is 15.2. The number of aryl methyl sites for hydroxylation is 1. The van der Waals surface area contributed by atoms with E-state index >= 15 is 0 Å². The van der Waals surface area contributed by atoms with Crippen molar-refractivity contribution in [2.75, 3.05) is 64.4 Å². The fraction of sp³-hybridized carbons (Fsp3) is 0.595. The second-order valence-corrected chi connectivity index (χ2v) is 17.3. The number of hydrogen-bond acceptors (Lipinski definition) is 8. The largest absolute Gasteiger partial charge is 0.490 e. The number of hydrogen-bond donors (Lipinski definition) is 1. The number of nitrogens with one attached hydrogen (secondary N) is 1. The van der Waals surface area contributed by atoms with E-state index in [1.807, 2.05) is 24.1 Å². The molecule has 0 aromatic heterocycles. The number of amides is 1. The van der Waals surface area contributed by atoms with Gasteiger partial charge < -0.3 is 14.4 Å². The standard InChI is InChI=1S/C37H48ClFN4O5S/c1-36(2)35(44)40-49(45,46)29-10-13-34-32(19-29)43(23-37(24-48-34)14-4-6-25-18-27(38)9-12-31(25)37)20-26-8-11-30(26)33(7-5-15-41(36)3)47-17-16-42-21-28(39)22-42/h5,7,9-10,12-13,18-19,26,28,30,33H,4,6,8,11,14-17,20-24H2,1-3H3,(H,40,44)/b7-5-/t26-,30+,33-,37-/m0/s1. The minimum absolute atomic E-state index is 0.0262. The van der Waals surface area contributed by atoms with Gasteiger partial charge in [-0.15, -0.1) is 0 Å². The van der Waals surface area contributed by atoms with Crippen LogP contribution in [0.5, 0.6) is 5.75 Å². The highest BCUT2D eigenvalue weighted by Crippen LogP contribution is 2.47. The third kappa shape index (κ3) is 6.86. The molecule has 3 aliphatic heterocycles. The monoisotopic (exact) mass is 714 g/mol. The van der Waals surface area contributed by atoms with Gasteiger partial charge in [-0.25, -0.2) is 17.5 Å². The normalized spacial score (nSPS) is 30.9. The maximum atomic E-state index is 13.7. The Hall–Kier alpha value is -2.70. The molecule has 2 aliphatic carbocycles. The molecular formula is C37H48ClFN4O5S. The van der Waals surface area contributed by atoms with Gasteiger partial charge >= 0.3 is 0 Å². The minimum Gasteiger partial charge on any atom is -0.490 e. The zero-order chi connectivity index (χ0) is 34.6. The lowest BCUT2D eigenvalue weighted by Crippen LogP contribution is -2.54. The average Bonchev–Trinajstić information content (AvgIpc) is 3.18. The number of ether oxygens (including phenoxy) is 2. The fourth-order valence-electron chi connectivity index (χ4n) is 8.19. The Labute approximate surface area is 294 Å². The Morgan fingerprint density at radius 3 is 2.69 bits per heavy atom. The lowest BCUT2D eigenvalue weighted by Gasteiger charge is -2.46. The summed E-state index contributed by atoms with van der Waals surface area (Å²) in [5, 5.41) is 0.722. The predicted molar refractivity (Wildman–Crippen MR) is 189 cm³/mol.